The van der Waals surface area contributed by atoms with Crippen molar-refractivity contribution in [3.05, 3.63) is 316 Å². The molecule has 0 aliphatic heterocycles. The van der Waals surface area contributed by atoms with E-state index >= 15 is 0 Å². The van der Waals surface area contributed by atoms with E-state index in [4.69, 9.17) is 0 Å². The lowest BCUT2D eigenvalue weighted by Crippen LogP contribution is -2.29. The van der Waals surface area contributed by atoms with Gasteiger partial charge >= 0.3 is 0 Å². The molecule has 11 aromatic carbocycles. The summed E-state index contributed by atoms with van der Waals surface area (Å²) in [6, 6.07) is 98.9. The molecule has 0 N–H and O–H groups in total. The molecule has 0 aromatic heterocycles. The highest BCUT2D eigenvalue weighted by atomic mass is 15.1. The first-order valence-electron chi connectivity index (χ1n) is 25.4. The molecule has 0 saturated carbocycles. The van der Waals surface area contributed by atoms with Gasteiger partial charge in [-0.25, -0.2) is 0 Å². The van der Waals surface area contributed by atoms with Crippen LogP contribution in [0, 0.1) is 0 Å². The van der Waals surface area contributed by atoms with Gasteiger partial charge in [-0.05, 0) is 124 Å². The van der Waals surface area contributed by atoms with Crippen molar-refractivity contribution in [2.75, 3.05) is 4.90 Å². The van der Waals surface area contributed by atoms with Crippen LogP contribution in [0.15, 0.2) is 261 Å². The van der Waals surface area contributed by atoms with Crippen LogP contribution >= 0.6 is 0 Å². The standard InChI is InChI=1S/C71H49N/c1-69(2)57-34-16-14-32-55(57)67-62(69)39-21-41-65(67)72(48-43-44-54-53-31-13-17-35-58(53)70(64(54)45-48,46-23-5-3-6-24-46)47-25-7-4-8-26-47)66-42-22-40-63-68(66)56-33-15-20-38-61(56)71(63)59-36-18-11-29-51(59)49-27-9-10-28-50(49)52-30-12-19-37-60(52)71/h3-45H,1-2H3. The fraction of sp³-hybridized carbons (Fsp3) is 0.0704. The topological polar surface area (TPSA) is 3.24 Å². The molecule has 4 aliphatic carbocycles. The largest absolute Gasteiger partial charge is 0.309 e. The molecule has 0 fully saturated rings. The smallest absolute Gasteiger partial charge is 0.0726 e. The minimum absolute atomic E-state index is 0.193. The van der Waals surface area contributed by atoms with Gasteiger partial charge < -0.3 is 4.90 Å². The zero-order chi connectivity index (χ0) is 47.8. The molecule has 0 atom stereocenters. The van der Waals surface area contributed by atoms with Crippen LogP contribution in [0.4, 0.5) is 17.1 Å². The van der Waals surface area contributed by atoms with Gasteiger partial charge in [0.1, 0.15) is 0 Å². The van der Waals surface area contributed by atoms with Crippen LogP contribution in [-0.4, -0.2) is 0 Å². The highest BCUT2D eigenvalue weighted by molar-refractivity contribution is 6.04. The first-order chi connectivity index (χ1) is 35.5. The number of fused-ring (bicyclic) bond motifs is 18. The molecule has 11 aromatic rings. The number of hydrogen-bond acceptors (Lipinski definition) is 1. The summed E-state index contributed by atoms with van der Waals surface area (Å²) in [5, 5.41) is 0. The van der Waals surface area contributed by atoms with Crippen molar-refractivity contribution in [3.8, 4) is 55.6 Å². The van der Waals surface area contributed by atoms with E-state index in [9.17, 15) is 0 Å². The minimum atomic E-state index is -0.623. The van der Waals surface area contributed by atoms with Crippen molar-refractivity contribution < 1.29 is 0 Å². The average molecular weight is 916 g/mol. The van der Waals surface area contributed by atoms with E-state index in [0.717, 1.165) is 11.4 Å². The van der Waals surface area contributed by atoms with Gasteiger partial charge in [-0.3, -0.25) is 0 Å². The van der Waals surface area contributed by atoms with Gasteiger partial charge in [0.15, 0.2) is 0 Å². The van der Waals surface area contributed by atoms with Crippen LogP contribution in [0.2, 0.25) is 0 Å². The third-order valence-electron chi connectivity index (χ3n) is 17.0. The molecular weight excluding hydrogens is 867 g/mol. The van der Waals surface area contributed by atoms with E-state index < -0.39 is 10.8 Å². The van der Waals surface area contributed by atoms with E-state index in [1.807, 2.05) is 0 Å². The van der Waals surface area contributed by atoms with Gasteiger partial charge in [0.05, 0.1) is 22.2 Å². The SMILES string of the molecule is CC1(C)c2ccccc2-c2c(N(c3ccc4c(c3)C(c3ccccc3)(c3ccccc3)c3ccccc3-4)c3cccc4c3-c3ccccc3C43c4ccccc4-c4ccccc4-c4ccccc43)cccc21. The molecule has 4 aliphatic rings. The molecule has 72 heavy (non-hydrogen) atoms. The summed E-state index contributed by atoms with van der Waals surface area (Å²) in [4.78, 5) is 2.64. The Morgan fingerprint density at radius 1 is 0.250 bits per heavy atom. The monoisotopic (exact) mass is 915 g/mol. The lowest BCUT2D eigenvalue weighted by molar-refractivity contribution is 0.660. The third kappa shape index (κ3) is 5.22. The average Bonchev–Trinajstić information content (AvgIpc) is 3.98. The Morgan fingerprint density at radius 2 is 0.611 bits per heavy atom. The predicted molar refractivity (Wildman–Crippen MR) is 298 cm³/mol. The van der Waals surface area contributed by atoms with E-state index in [1.165, 1.54) is 117 Å². The van der Waals surface area contributed by atoms with E-state index in [0.29, 0.717) is 0 Å². The quantitative estimate of drug-likeness (QED) is 0.166. The summed E-state index contributed by atoms with van der Waals surface area (Å²) < 4.78 is 0. The Hall–Kier alpha value is -8.78. The molecule has 15 rings (SSSR count). The number of anilines is 3. The highest BCUT2D eigenvalue weighted by Crippen LogP contribution is 2.65. The molecule has 0 amide bonds. The summed E-state index contributed by atoms with van der Waals surface area (Å²) in [5.41, 5.74) is 27.8. The molecule has 0 radical (unpaired) electrons. The second kappa shape index (κ2) is 15.1. The maximum Gasteiger partial charge on any atom is 0.0726 e. The van der Waals surface area contributed by atoms with Crippen LogP contribution in [0.25, 0.3) is 55.6 Å². The van der Waals surface area contributed by atoms with Crippen LogP contribution in [-0.2, 0) is 16.2 Å². The molecule has 0 saturated heterocycles. The van der Waals surface area contributed by atoms with Gasteiger partial charge in [-0.2, -0.15) is 0 Å². The maximum atomic E-state index is 2.64. The number of hydrogen-bond donors (Lipinski definition) is 0. The summed E-state index contributed by atoms with van der Waals surface area (Å²) in [5.74, 6) is 0. The minimum Gasteiger partial charge on any atom is -0.309 e. The fourth-order valence-electron chi connectivity index (χ4n) is 14.2. The molecule has 1 spiro atoms. The van der Waals surface area contributed by atoms with Crippen molar-refractivity contribution in [1.82, 2.24) is 0 Å². The van der Waals surface area contributed by atoms with Gasteiger partial charge in [-0.1, -0.05) is 250 Å². The Bertz CT molecular complexity index is 3920. The van der Waals surface area contributed by atoms with Crippen molar-refractivity contribution in [2.24, 2.45) is 0 Å². The van der Waals surface area contributed by atoms with Crippen molar-refractivity contribution in [2.45, 2.75) is 30.1 Å². The number of rotatable bonds is 5. The molecule has 0 unspecified atom stereocenters. The highest BCUT2D eigenvalue weighted by Gasteiger charge is 2.52. The van der Waals surface area contributed by atoms with Crippen LogP contribution < -0.4 is 4.90 Å². The first kappa shape index (κ1) is 41.0. The lowest BCUT2D eigenvalue weighted by atomic mass is 9.66. The second-order valence-electron chi connectivity index (χ2n) is 20.6. The second-order valence-corrected chi connectivity index (χ2v) is 20.6. The van der Waals surface area contributed by atoms with Gasteiger partial charge in [0, 0.05) is 22.2 Å². The normalized spacial score (nSPS) is 14.9. The zero-order valence-electron chi connectivity index (χ0n) is 40.3. The zero-order valence-corrected chi connectivity index (χ0v) is 40.3. The van der Waals surface area contributed by atoms with E-state index in [1.54, 1.807) is 0 Å². The Balaban J connectivity index is 1.08. The first-order valence-corrected chi connectivity index (χ1v) is 25.4. The summed E-state index contributed by atoms with van der Waals surface area (Å²) in [6.45, 7) is 4.79. The summed E-state index contributed by atoms with van der Waals surface area (Å²) in [6.07, 6.45) is 0. The van der Waals surface area contributed by atoms with Crippen molar-refractivity contribution >= 4 is 17.1 Å². The molecule has 1 heteroatoms. The maximum absolute atomic E-state index is 2.64. The van der Waals surface area contributed by atoms with Crippen LogP contribution in [0.3, 0.4) is 0 Å². The van der Waals surface area contributed by atoms with Crippen LogP contribution in [0.5, 0.6) is 0 Å². The van der Waals surface area contributed by atoms with Crippen molar-refractivity contribution in [3.63, 3.8) is 0 Å². The van der Waals surface area contributed by atoms with Gasteiger partial charge in [-0.15, -0.1) is 0 Å². The summed E-state index contributed by atoms with van der Waals surface area (Å²) >= 11 is 0. The van der Waals surface area contributed by atoms with E-state index in [-0.39, 0.29) is 5.41 Å². The van der Waals surface area contributed by atoms with Gasteiger partial charge in [0.2, 0.25) is 0 Å². The molecule has 0 bridgehead atoms. The Kier molecular flexibility index (Phi) is 8.62. The molecule has 1 nitrogen and oxygen atoms in total. The van der Waals surface area contributed by atoms with E-state index in [2.05, 4.69) is 280 Å². The van der Waals surface area contributed by atoms with Crippen molar-refractivity contribution in [1.29, 1.82) is 0 Å². The predicted octanol–water partition coefficient (Wildman–Crippen LogP) is 17.8. The Labute approximate surface area is 422 Å². The fourth-order valence-corrected chi connectivity index (χ4v) is 14.2. The number of nitrogens with zero attached hydrogens (tertiary/aromatic N) is 1. The molecular formula is C71H49N. The molecule has 338 valence electrons. The summed E-state index contributed by atoms with van der Waals surface area (Å²) in [7, 11) is 0. The molecule has 0 heterocycles. The third-order valence-corrected chi connectivity index (χ3v) is 17.0. The number of benzene rings is 11. The Morgan fingerprint density at radius 3 is 1.15 bits per heavy atom. The van der Waals surface area contributed by atoms with Crippen LogP contribution in [0.1, 0.15) is 69.5 Å². The lowest BCUT2D eigenvalue weighted by Gasteiger charge is -2.36. The van der Waals surface area contributed by atoms with Gasteiger partial charge in [0.25, 0.3) is 0 Å².